The van der Waals surface area contributed by atoms with Gasteiger partial charge in [0.1, 0.15) is 18.1 Å². The van der Waals surface area contributed by atoms with Gasteiger partial charge in [-0.3, -0.25) is 4.79 Å². The molecule has 0 bridgehead atoms. The number of nitrogens with zero attached hydrogens (tertiary/aromatic N) is 3. The highest BCUT2D eigenvalue weighted by Crippen LogP contribution is 2.21. The fourth-order valence-electron chi connectivity index (χ4n) is 2.75. The van der Waals surface area contributed by atoms with Crippen molar-refractivity contribution in [3.8, 4) is 5.75 Å². The first-order chi connectivity index (χ1) is 13.0. The summed E-state index contributed by atoms with van der Waals surface area (Å²) in [5.74, 6) is 0.357. The minimum Gasteiger partial charge on any atom is -0.434 e. The number of amides is 1. The van der Waals surface area contributed by atoms with Crippen LogP contribution in [0.4, 0.5) is 8.78 Å². The Labute approximate surface area is 154 Å². The summed E-state index contributed by atoms with van der Waals surface area (Å²) in [6.45, 7) is 0.523. The average molecular weight is 372 g/mol. The number of imidazole rings is 1. The Morgan fingerprint density at radius 2 is 1.93 bits per heavy atom. The van der Waals surface area contributed by atoms with E-state index in [1.165, 1.54) is 6.07 Å². The SMILES string of the molecule is C/C(=N\NC(=O)Cn1c(C)nc2ccccc21)c1ccccc1OC(F)F. The zero-order chi connectivity index (χ0) is 19.4. The largest absolute Gasteiger partial charge is 0.434 e. The molecule has 1 N–H and O–H groups in total. The lowest BCUT2D eigenvalue weighted by Gasteiger charge is -2.10. The third kappa shape index (κ3) is 4.28. The molecule has 1 heterocycles. The molecule has 1 amide bonds. The number of hydrogen-bond donors (Lipinski definition) is 1. The zero-order valence-corrected chi connectivity index (χ0v) is 14.8. The topological polar surface area (TPSA) is 68.5 Å². The number of aryl methyl sites for hydroxylation is 1. The summed E-state index contributed by atoms with van der Waals surface area (Å²) in [4.78, 5) is 16.7. The zero-order valence-electron chi connectivity index (χ0n) is 14.8. The van der Waals surface area contributed by atoms with E-state index >= 15 is 0 Å². The van der Waals surface area contributed by atoms with Gasteiger partial charge in [0.05, 0.1) is 16.7 Å². The van der Waals surface area contributed by atoms with E-state index in [0.717, 1.165) is 11.0 Å². The van der Waals surface area contributed by atoms with Crippen molar-refractivity contribution in [1.82, 2.24) is 15.0 Å². The number of halogens is 2. The number of carbonyl (C=O) groups is 1. The predicted octanol–water partition coefficient (Wildman–Crippen LogP) is 3.49. The number of hydrazone groups is 1. The van der Waals surface area contributed by atoms with E-state index in [9.17, 15) is 13.6 Å². The van der Waals surface area contributed by atoms with Crippen LogP contribution in [0.1, 0.15) is 18.3 Å². The Morgan fingerprint density at radius 3 is 2.70 bits per heavy atom. The minimum atomic E-state index is -2.94. The van der Waals surface area contributed by atoms with Crippen molar-refractivity contribution in [3.05, 3.63) is 59.9 Å². The van der Waals surface area contributed by atoms with Gasteiger partial charge in [-0.25, -0.2) is 10.4 Å². The third-order valence-corrected chi connectivity index (χ3v) is 3.99. The quantitative estimate of drug-likeness (QED) is 0.532. The molecular formula is C19H18F2N4O2. The van der Waals surface area contributed by atoms with Crippen molar-refractivity contribution in [2.75, 3.05) is 0 Å². The summed E-state index contributed by atoms with van der Waals surface area (Å²) in [5.41, 5.74) is 4.83. The van der Waals surface area contributed by atoms with Crippen LogP contribution < -0.4 is 10.2 Å². The fraction of sp³-hybridized carbons (Fsp3) is 0.211. The second-order valence-electron chi connectivity index (χ2n) is 5.84. The molecule has 0 aliphatic carbocycles. The lowest BCUT2D eigenvalue weighted by atomic mass is 10.1. The molecule has 8 heteroatoms. The van der Waals surface area contributed by atoms with Crippen molar-refractivity contribution < 1.29 is 18.3 Å². The summed E-state index contributed by atoms with van der Waals surface area (Å²) >= 11 is 0. The van der Waals surface area contributed by atoms with Gasteiger partial charge in [0.2, 0.25) is 0 Å². The molecule has 0 spiro atoms. The van der Waals surface area contributed by atoms with Crippen LogP contribution in [0.15, 0.2) is 53.6 Å². The van der Waals surface area contributed by atoms with Gasteiger partial charge in [-0.15, -0.1) is 0 Å². The molecule has 0 radical (unpaired) electrons. The predicted molar refractivity (Wildman–Crippen MR) is 97.9 cm³/mol. The number of aromatic nitrogens is 2. The number of rotatable bonds is 6. The van der Waals surface area contributed by atoms with E-state index in [4.69, 9.17) is 0 Å². The smallest absolute Gasteiger partial charge is 0.387 e. The summed E-state index contributed by atoms with van der Waals surface area (Å²) in [7, 11) is 0. The Morgan fingerprint density at radius 1 is 1.22 bits per heavy atom. The molecule has 0 saturated carbocycles. The summed E-state index contributed by atoms with van der Waals surface area (Å²) in [5, 5.41) is 4.01. The maximum absolute atomic E-state index is 12.5. The first kappa shape index (κ1) is 18.5. The van der Waals surface area contributed by atoms with Crippen LogP contribution in [0.5, 0.6) is 5.75 Å². The standard InChI is InChI=1S/C19H18F2N4O2/c1-12(14-7-3-6-10-17(14)27-19(20)21)23-24-18(26)11-25-13(2)22-15-8-4-5-9-16(15)25/h3-10,19H,11H2,1-2H3,(H,24,26)/b23-12+. The number of alkyl halides is 2. The van der Waals surface area contributed by atoms with Crippen molar-refractivity contribution in [2.45, 2.75) is 27.0 Å². The highest BCUT2D eigenvalue weighted by molar-refractivity contribution is 6.01. The molecule has 3 rings (SSSR count). The number of nitrogens with one attached hydrogen (secondary N) is 1. The molecule has 0 saturated heterocycles. The molecule has 6 nitrogen and oxygen atoms in total. The van der Waals surface area contributed by atoms with Gasteiger partial charge in [0, 0.05) is 5.56 Å². The van der Waals surface area contributed by atoms with Crippen LogP contribution in [-0.2, 0) is 11.3 Å². The normalized spacial score (nSPS) is 11.8. The van der Waals surface area contributed by atoms with Gasteiger partial charge >= 0.3 is 6.61 Å². The molecule has 3 aromatic rings. The molecule has 0 aliphatic rings. The van der Waals surface area contributed by atoms with Gasteiger partial charge < -0.3 is 9.30 Å². The van der Waals surface area contributed by atoms with E-state index in [1.807, 2.05) is 31.2 Å². The number of carbonyl (C=O) groups excluding carboxylic acids is 1. The summed E-state index contributed by atoms with van der Waals surface area (Å²) in [6.07, 6.45) is 0. The van der Waals surface area contributed by atoms with Crippen LogP contribution in [-0.4, -0.2) is 27.8 Å². The van der Waals surface area contributed by atoms with E-state index < -0.39 is 6.61 Å². The molecular weight excluding hydrogens is 354 g/mol. The second-order valence-corrected chi connectivity index (χ2v) is 5.84. The van der Waals surface area contributed by atoms with Crippen molar-refractivity contribution >= 4 is 22.7 Å². The Balaban J connectivity index is 1.74. The Hall–Kier alpha value is -3.29. The monoisotopic (exact) mass is 372 g/mol. The van der Waals surface area contributed by atoms with Gasteiger partial charge in [0.15, 0.2) is 0 Å². The minimum absolute atomic E-state index is 0.000512. The molecule has 2 aromatic carbocycles. The van der Waals surface area contributed by atoms with Gasteiger partial charge in [-0.1, -0.05) is 24.3 Å². The van der Waals surface area contributed by atoms with Crippen molar-refractivity contribution in [3.63, 3.8) is 0 Å². The lowest BCUT2D eigenvalue weighted by molar-refractivity contribution is -0.121. The van der Waals surface area contributed by atoms with E-state index in [0.29, 0.717) is 17.1 Å². The maximum atomic E-state index is 12.5. The van der Waals surface area contributed by atoms with E-state index in [2.05, 4.69) is 20.2 Å². The summed E-state index contributed by atoms with van der Waals surface area (Å²) < 4.78 is 31.3. The average Bonchev–Trinajstić information content (AvgIpc) is 2.95. The van der Waals surface area contributed by atoms with Crippen molar-refractivity contribution in [2.24, 2.45) is 5.10 Å². The van der Waals surface area contributed by atoms with E-state index in [1.54, 1.807) is 29.7 Å². The molecule has 0 aliphatic heterocycles. The molecule has 0 atom stereocenters. The highest BCUT2D eigenvalue weighted by atomic mass is 19.3. The van der Waals surface area contributed by atoms with Crippen LogP contribution in [0.25, 0.3) is 11.0 Å². The first-order valence-electron chi connectivity index (χ1n) is 8.25. The summed E-state index contributed by atoms with van der Waals surface area (Å²) in [6, 6.07) is 13.8. The number of ether oxygens (including phenoxy) is 1. The van der Waals surface area contributed by atoms with Gasteiger partial charge in [-0.2, -0.15) is 13.9 Å². The molecule has 140 valence electrons. The second kappa shape index (κ2) is 7.94. The fourth-order valence-corrected chi connectivity index (χ4v) is 2.75. The Kier molecular flexibility index (Phi) is 5.44. The van der Waals surface area contributed by atoms with Gasteiger partial charge in [-0.05, 0) is 38.1 Å². The molecule has 0 unspecified atom stereocenters. The van der Waals surface area contributed by atoms with Crippen LogP contribution in [0.3, 0.4) is 0 Å². The molecule has 27 heavy (non-hydrogen) atoms. The first-order valence-corrected chi connectivity index (χ1v) is 8.25. The Bertz CT molecular complexity index is 998. The van der Waals surface area contributed by atoms with Gasteiger partial charge in [0.25, 0.3) is 5.91 Å². The number of hydrogen-bond acceptors (Lipinski definition) is 4. The number of para-hydroxylation sites is 3. The van der Waals surface area contributed by atoms with Crippen LogP contribution in [0.2, 0.25) is 0 Å². The highest BCUT2D eigenvalue weighted by Gasteiger charge is 2.13. The van der Waals surface area contributed by atoms with Crippen LogP contribution in [0, 0.1) is 6.92 Å². The molecule has 0 fully saturated rings. The number of fused-ring (bicyclic) bond motifs is 1. The number of benzene rings is 2. The van der Waals surface area contributed by atoms with Crippen LogP contribution >= 0.6 is 0 Å². The van der Waals surface area contributed by atoms with E-state index in [-0.39, 0.29) is 18.2 Å². The maximum Gasteiger partial charge on any atom is 0.387 e. The molecule has 1 aromatic heterocycles. The lowest BCUT2D eigenvalue weighted by Crippen LogP contribution is -2.24. The van der Waals surface area contributed by atoms with Crippen molar-refractivity contribution in [1.29, 1.82) is 0 Å². The third-order valence-electron chi connectivity index (χ3n) is 3.99.